The molecule has 0 saturated heterocycles. The standard InChI is InChI=1S/C49H39N5/c1-47(2)34-17-10-18-35-44(34)54(46-36(47)19-12-24-51-46)42-27-41-37(26-38(42)49(35,5)6)48(3,4)33-16-9-14-31-30-22-21-28(25-40(30)53(41)43(31)33)52-39-20-8-7-13-29(39)32-15-11-23-50-45(32)52/h7-27H,1-6H3. The van der Waals surface area contributed by atoms with Crippen LogP contribution in [0.5, 0.6) is 0 Å². The SMILES string of the molecule is CC1(C)c2cc3c(cc2N2c4ncccc4C(C)(C)c4cccc1c42)-n1c2cc(-n4c5ccccc5c5cccnc54)ccc2c2cccc(c21)C3(C)C. The topological polar surface area (TPSA) is 38.9 Å². The van der Waals surface area contributed by atoms with E-state index in [4.69, 9.17) is 9.97 Å². The highest BCUT2D eigenvalue weighted by Crippen LogP contribution is 2.61. The molecule has 0 fully saturated rings. The van der Waals surface area contributed by atoms with Crippen molar-refractivity contribution in [2.75, 3.05) is 4.90 Å². The third-order valence-corrected chi connectivity index (χ3v) is 13.4. The minimum Gasteiger partial charge on any atom is -0.308 e. The van der Waals surface area contributed by atoms with E-state index in [1.165, 1.54) is 77.6 Å². The number of pyridine rings is 2. The summed E-state index contributed by atoms with van der Waals surface area (Å²) in [5.41, 5.74) is 16.8. The van der Waals surface area contributed by atoms with Gasteiger partial charge < -0.3 is 4.57 Å². The zero-order chi connectivity index (χ0) is 36.5. The predicted octanol–water partition coefficient (Wildman–Crippen LogP) is 12.1. The van der Waals surface area contributed by atoms with Crippen LogP contribution >= 0.6 is 0 Å². The zero-order valence-electron chi connectivity index (χ0n) is 31.4. The average molecular weight is 698 g/mol. The van der Waals surface area contributed by atoms with Gasteiger partial charge in [0.2, 0.25) is 0 Å². The Morgan fingerprint density at radius 3 is 1.93 bits per heavy atom. The van der Waals surface area contributed by atoms with Gasteiger partial charge in [-0.2, -0.15) is 0 Å². The Morgan fingerprint density at radius 2 is 1.07 bits per heavy atom. The van der Waals surface area contributed by atoms with E-state index in [1.807, 2.05) is 18.5 Å². The maximum absolute atomic E-state index is 5.14. The second-order valence-corrected chi connectivity index (χ2v) is 17.1. The molecule has 54 heavy (non-hydrogen) atoms. The van der Waals surface area contributed by atoms with Gasteiger partial charge in [0.05, 0.1) is 33.6 Å². The highest BCUT2D eigenvalue weighted by molar-refractivity contribution is 6.13. The third kappa shape index (κ3) is 3.43. The number of rotatable bonds is 1. The first-order valence-electron chi connectivity index (χ1n) is 19.1. The molecular formula is C49H39N5. The van der Waals surface area contributed by atoms with E-state index in [-0.39, 0.29) is 16.2 Å². The normalized spacial score (nSPS) is 16.7. The first-order valence-corrected chi connectivity index (χ1v) is 19.1. The summed E-state index contributed by atoms with van der Waals surface area (Å²) >= 11 is 0. The van der Waals surface area contributed by atoms with E-state index in [2.05, 4.69) is 165 Å². The lowest BCUT2D eigenvalue weighted by molar-refractivity contribution is 0.586. The van der Waals surface area contributed by atoms with E-state index < -0.39 is 0 Å². The molecule has 0 atom stereocenters. The van der Waals surface area contributed by atoms with E-state index in [0.717, 1.165) is 28.1 Å². The molecule has 5 aromatic carbocycles. The molecule has 4 aromatic heterocycles. The van der Waals surface area contributed by atoms with Crippen molar-refractivity contribution in [1.29, 1.82) is 0 Å². The van der Waals surface area contributed by atoms with E-state index in [9.17, 15) is 0 Å². The first kappa shape index (κ1) is 30.3. The molecule has 7 heterocycles. The second-order valence-electron chi connectivity index (χ2n) is 17.1. The number of hydrogen-bond donors (Lipinski definition) is 0. The van der Waals surface area contributed by atoms with Crippen LogP contribution in [0.4, 0.5) is 17.2 Å². The van der Waals surface area contributed by atoms with Crippen LogP contribution in [0.1, 0.15) is 74.9 Å². The minimum atomic E-state index is -0.230. The van der Waals surface area contributed by atoms with Crippen molar-refractivity contribution in [3.63, 3.8) is 0 Å². The molecule has 3 aliphatic rings. The Bertz CT molecular complexity index is 3100. The molecule has 3 aliphatic heterocycles. The monoisotopic (exact) mass is 697 g/mol. The van der Waals surface area contributed by atoms with Gasteiger partial charge in [0.25, 0.3) is 0 Å². The van der Waals surface area contributed by atoms with Gasteiger partial charge in [-0.3, -0.25) is 9.47 Å². The molecule has 260 valence electrons. The summed E-state index contributed by atoms with van der Waals surface area (Å²) in [4.78, 5) is 12.6. The molecule has 5 heteroatoms. The molecular weight excluding hydrogens is 659 g/mol. The fraction of sp³-hybridized carbons (Fsp3) is 0.184. The van der Waals surface area contributed by atoms with Gasteiger partial charge in [0.15, 0.2) is 0 Å². The van der Waals surface area contributed by atoms with Crippen LogP contribution in [0.15, 0.2) is 128 Å². The van der Waals surface area contributed by atoms with Gasteiger partial charge in [0.1, 0.15) is 11.5 Å². The predicted molar refractivity (Wildman–Crippen MR) is 222 cm³/mol. The Balaban J connectivity index is 1.20. The lowest BCUT2D eigenvalue weighted by Crippen LogP contribution is -2.39. The molecule has 5 nitrogen and oxygen atoms in total. The summed E-state index contributed by atoms with van der Waals surface area (Å²) in [5.74, 6) is 1.03. The van der Waals surface area contributed by atoms with Gasteiger partial charge in [-0.05, 0) is 76.3 Å². The van der Waals surface area contributed by atoms with Crippen LogP contribution in [-0.4, -0.2) is 19.1 Å². The van der Waals surface area contributed by atoms with Crippen LogP contribution in [0, 0.1) is 0 Å². The maximum atomic E-state index is 5.14. The summed E-state index contributed by atoms with van der Waals surface area (Å²) in [6.07, 6.45) is 3.85. The van der Waals surface area contributed by atoms with Crippen molar-refractivity contribution in [2.45, 2.75) is 57.8 Å². The van der Waals surface area contributed by atoms with Crippen LogP contribution in [-0.2, 0) is 16.2 Å². The minimum absolute atomic E-state index is 0.185. The summed E-state index contributed by atoms with van der Waals surface area (Å²) in [6, 6.07) is 43.1. The van der Waals surface area contributed by atoms with E-state index in [1.54, 1.807) is 0 Å². The summed E-state index contributed by atoms with van der Waals surface area (Å²) in [7, 11) is 0. The zero-order valence-corrected chi connectivity index (χ0v) is 31.4. The molecule has 12 rings (SSSR count). The van der Waals surface area contributed by atoms with E-state index in [0.29, 0.717) is 0 Å². The number of aromatic nitrogens is 4. The molecule has 0 N–H and O–H groups in total. The third-order valence-electron chi connectivity index (χ3n) is 13.4. The lowest BCUT2D eigenvalue weighted by atomic mass is 9.65. The number of hydrogen-bond acceptors (Lipinski definition) is 3. The number of nitrogens with zero attached hydrogens (tertiary/aromatic N) is 5. The van der Waals surface area contributed by atoms with Gasteiger partial charge in [-0.25, -0.2) is 9.97 Å². The Kier molecular flexibility index (Phi) is 5.42. The first-order chi connectivity index (χ1) is 26.1. The van der Waals surface area contributed by atoms with Crippen molar-refractivity contribution in [3.05, 3.63) is 161 Å². The molecule has 9 aromatic rings. The average Bonchev–Trinajstić information content (AvgIpc) is 3.69. The Labute approximate surface area is 314 Å². The second kappa shape index (κ2) is 9.66. The van der Waals surface area contributed by atoms with Crippen LogP contribution in [0.2, 0.25) is 0 Å². The smallest absolute Gasteiger partial charge is 0.145 e. The lowest BCUT2D eigenvalue weighted by Gasteiger charge is -2.49. The van der Waals surface area contributed by atoms with E-state index >= 15 is 0 Å². The molecule has 0 spiro atoms. The fourth-order valence-corrected chi connectivity index (χ4v) is 10.6. The Morgan fingerprint density at radius 1 is 0.444 bits per heavy atom. The van der Waals surface area contributed by atoms with Crippen LogP contribution < -0.4 is 4.90 Å². The number of para-hydroxylation sites is 3. The molecule has 0 radical (unpaired) electrons. The summed E-state index contributed by atoms with van der Waals surface area (Å²) in [5, 5.41) is 4.91. The van der Waals surface area contributed by atoms with Gasteiger partial charge in [-0.15, -0.1) is 0 Å². The molecule has 0 saturated carbocycles. The fourth-order valence-electron chi connectivity index (χ4n) is 10.6. The largest absolute Gasteiger partial charge is 0.308 e. The molecule has 0 unspecified atom stereocenters. The van der Waals surface area contributed by atoms with Crippen molar-refractivity contribution < 1.29 is 0 Å². The number of benzene rings is 5. The highest BCUT2D eigenvalue weighted by atomic mass is 15.2. The van der Waals surface area contributed by atoms with Crippen molar-refractivity contribution in [2.24, 2.45) is 0 Å². The summed E-state index contributed by atoms with van der Waals surface area (Å²) in [6.45, 7) is 14.3. The van der Waals surface area contributed by atoms with Gasteiger partial charge >= 0.3 is 0 Å². The number of anilines is 3. The van der Waals surface area contributed by atoms with Crippen LogP contribution in [0.3, 0.4) is 0 Å². The van der Waals surface area contributed by atoms with Crippen molar-refractivity contribution >= 4 is 60.9 Å². The van der Waals surface area contributed by atoms with Crippen molar-refractivity contribution in [1.82, 2.24) is 19.1 Å². The van der Waals surface area contributed by atoms with Gasteiger partial charge in [-0.1, -0.05) is 108 Å². The Hall–Kier alpha value is -6.20. The maximum Gasteiger partial charge on any atom is 0.145 e. The van der Waals surface area contributed by atoms with Crippen LogP contribution in [0.25, 0.3) is 55.1 Å². The summed E-state index contributed by atoms with van der Waals surface area (Å²) < 4.78 is 4.89. The highest BCUT2D eigenvalue weighted by Gasteiger charge is 2.47. The molecule has 0 amide bonds. The molecule has 0 aliphatic carbocycles. The van der Waals surface area contributed by atoms with Crippen molar-refractivity contribution in [3.8, 4) is 11.4 Å². The quantitative estimate of drug-likeness (QED) is 0.171. The number of fused-ring (bicyclic) bond motifs is 12. The van der Waals surface area contributed by atoms with Gasteiger partial charge in [0, 0.05) is 61.4 Å². The molecule has 0 bridgehead atoms.